The molecule has 0 bridgehead atoms. The molecule has 0 saturated heterocycles. The molecule has 0 atom stereocenters. The highest BCUT2D eigenvalue weighted by Gasteiger charge is 2.13. The molecule has 2 aromatic carbocycles. The average molecular weight is 376 g/mol. The number of nitrogens with zero attached hydrogens (tertiary/aromatic N) is 2. The van der Waals surface area contributed by atoms with Crippen molar-refractivity contribution in [3.63, 3.8) is 0 Å². The molecular weight excluding hydrogens is 352 g/mol. The molecular formula is C22H24N4O2. The fraction of sp³-hybridized carbons (Fsp3) is 0.227. The van der Waals surface area contributed by atoms with Crippen LogP contribution in [0.3, 0.4) is 0 Å². The van der Waals surface area contributed by atoms with Crippen LogP contribution in [0.25, 0.3) is 0 Å². The second-order valence-electron chi connectivity index (χ2n) is 6.88. The van der Waals surface area contributed by atoms with Gasteiger partial charge in [0, 0.05) is 11.4 Å². The Morgan fingerprint density at radius 1 is 0.893 bits per heavy atom. The Hall–Kier alpha value is -3.41. The fourth-order valence-electron chi connectivity index (χ4n) is 3.02. The molecule has 0 saturated carbocycles. The number of nitrogens with one attached hydrogen (secondary N) is 2. The van der Waals surface area contributed by atoms with Crippen LogP contribution in [-0.2, 0) is 0 Å². The van der Waals surface area contributed by atoms with E-state index in [0.29, 0.717) is 23.1 Å². The van der Waals surface area contributed by atoms with Gasteiger partial charge in [-0.2, -0.15) is 0 Å². The summed E-state index contributed by atoms with van der Waals surface area (Å²) in [6.45, 7) is 7.81. The van der Waals surface area contributed by atoms with Gasteiger partial charge in [0.1, 0.15) is 11.4 Å². The van der Waals surface area contributed by atoms with Gasteiger partial charge in [-0.3, -0.25) is 4.79 Å². The summed E-state index contributed by atoms with van der Waals surface area (Å²) in [5.74, 6) is 0.737. The maximum Gasteiger partial charge on any atom is 0.274 e. The van der Waals surface area contributed by atoms with E-state index in [9.17, 15) is 4.79 Å². The number of carbonyl (C=O) groups is 1. The second kappa shape index (κ2) is 8.08. The summed E-state index contributed by atoms with van der Waals surface area (Å²) < 4.78 is 5.38. The van der Waals surface area contributed by atoms with E-state index in [1.54, 1.807) is 13.2 Å². The summed E-state index contributed by atoms with van der Waals surface area (Å²) in [5, 5.41) is 6.06. The first kappa shape index (κ1) is 19.4. The Kier molecular flexibility index (Phi) is 5.59. The van der Waals surface area contributed by atoms with Crippen molar-refractivity contribution < 1.29 is 9.53 Å². The van der Waals surface area contributed by atoms with Gasteiger partial charge >= 0.3 is 0 Å². The van der Waals surface area contributed by atoms with E-state index in [1.807, 2.05) is 58.0 Å². The number of hydrogen-bond donors (Lipinski definition) is 2. The van der Waals surface area contributed by atoms with Gasteiger partial charge in [-0.05, 0) is 74.7 Å². The first-order chi connectivity index (χ1) is 13.3. The topological polar surface area (TPSA) is 76.1 Å². The molecule has 6 nitrogen and oxygen atoms in total. The standard InChI is InChI=1S/C22H24N4O2/c1-13-6-7-20(28-5)18(11-13)25-22-23-16(4)12-19(26-22)21(27)24-17-9-14(2)8-15(3)10-17/h6-12H,1-5H3,(H,24,27)(H,23,25,26). The Labute approximate surface area is 165 Å². The van der Waals surface area contributed by atoms with Crippen molar-refractivity contribution in [2.24, 2.45) is 0 Å². The van der Waals surface area contributed by atoms with Gasteiger partial charge in [0.05, 0.1) is 12.8 Å². The number of aromatic nitrogens is 2. The lowest BCUT2D eigenvalue weighted by atomic mass is 10.1. The molecule has 3 aromatic rings. The van der Waals surface area contributed by atoms with Gasteiger partial charge < -0.3 is 15.4 Å². The van der Waals surface area contributed by atoms with Crippen molar-refractivity contribution in [2.45, 2.75) is 27.7 Å². The zero-order valence-electron chi connectivity index (χ0n) is 16.8. The molecule has 0 spiro atoms. The summed E-state index contributed by atoms with van der Waals surface area (Å²) in [4.78, 5) is 21.5. The summed E-state index contributed by atoms with van der Waals surface area (Å²) >= 11 is 0. The van der Waals surface area contributed by atoms with E-state index in [1.165, 1.54) is 0 Å². The highest BCUT2D eigenvalue weighted by molar-refractivity contribution is 6.03. The van der Waals surface area contributed by atoms with E-state index in [0.717, 1.165) is 28.1 Å². The SMILES string of the molecule is COc1ccc(C)cc1Nc1nc(C)cc(C(=O)Nc2cc(C)cc(C)c2)n1. The minimum atomic E-state index is -0.283. The summed E-state index contributed by atoms with van der Waals surface area (Å²) in [7, 11) is 1.61. The molecule has 0 fully saturated rings. The first-order valence-electron chi connectivity index (χ1n) is 9.01. The molecule has 6 heteroatoms. The Morgan fingerprint density at radius 3 is 2.29 bits per heavy atom. The van der Waals surface area contributed by atoms with Crippen molar-refractivity contribution >= 4 is 23.2 Å². The number of rotatable bonds is 5. The van der Waals surface area contributed by atoms with Gasteiger partial charge in [-0.1, -0.05) is 12.1 Å². The first-order valence-corrected chi connectivity index (χ1v) is 9.01. The van der Waals surface area contributed by atoms with E-state index < -0.39 is 0 Å². The van der Waals surface area contributed by atoms with E-state index in [4.69, 9.17) is 4.74 Å². The number of amides is 1. The molecule has 28 heavy (non-hydrogen) atoms. The van der Waals surface area contributed by atoms with Crippen molar-refractivity contribution in [3.8, 4) is 5.75 Å². The number of aryl methyl sites for hydroxylation is 4. The molecule has 1 aromatic heterocycles. The summed E-state index contributed by atoms with van der Waals surface area (Å²) in [5.41, 5.74) is 5.72. The van der Waals surface area contributed by atoms with Gasteiger partial charge in [0.15, 0.2) is 0 Å². The zero-order valence-corrected chi connectivity index (χ0v) is 16.8. The Morgan fingerprint density at radius 2 is 1.61 bits per heavy atom. The second-order valence-corrected chi connectivity index (χ2v) is 6.88. The third kappa shape index (κ3) is 4.65. The zero-order chi connectivity index (χ0) is 20.3. The fourth-order valence-corrected chi connectivity index (χ4v) is 3.02. The van der Waals surface area contributed by atoms with Crippen LogP contribution in [0.1, 0.15) is 32.9 Å². The quantitative estimate of drug-likeness (QED) is 0.674. The van der Waals surface area contributed by atoms with Gasteiger partial charge in [-0.25, -0.2) is 9.97 Å². The summed E-state index contributed by atoms with van der Waals surface area (Å²) in [6.07, 6.45) is 0. The van der Waals surface area contributed by atoms with Crippen LogP contribution >= 0.6 is 0 Å². The molecule has 0 aliphatic carbocycles. The van der Waals surface area contributed by atoms with Crippen molar-refractivity contribution in [1.82, 2.24) is 9.97 Å². The van der Waals surface area contributed by atoms with Crippen LogP contribution in [0.5, 0.6) is 5.75 Å². The maximum atomic E-state index is 12.7. The predicted octanol–water partition coefficient (Wildman–Crippen LogP) is 4.71. The lowest BCUT2D eigenvalue weighted by Gasteiger charge is -2.12. The predicted molar refractivity (Wildman–Crippen MR) is 112 cm³/mol. The molecule has 3 rings (SSSR count). The van der Waals surface area contributed by atoms with Gasteiger partial charge in [0.25, 0.3) is 5.91 Å². The number of ether oxygens (including phenoxy) is 1. The maximum absolute atomic E-state index is 12.7. The number of anilines is 3. The smallest absolute Gasteiger partial charge is 0.274 e. The van der Waals surface area contributed by atoms with Crippen molar-refractivity contribution in [3.05, 3.63) is 70.5 Å². The monoisotopic (exact) mass is 376 g/mol. The molecule has 2 N–H and O–H groups in total. The Balaban J connectivity index is 1.87. The third-order valence-corrected chi connectivity index (χ3v) is 4.17. The molecule has 0 aliphatic rings. The van der Waals surface area contributed by atoms with Crippen LogP contribution < -0.4 is 15.4 Å². The largest absolute Gasteiger partial charge is 0.495 e. The van der Waals surface area contributed by atoms with Crippen molar-refractivity contribution in [2.75, 3.05) is 17.7 Å². The van der Waals surface area contributed by atoms with Crippen molar-refractivity contribution in [1.29, 1.82) is 0 Å². The lowest BCUT2D eigenvalue weighted by molar-refractivity contribution is 0.102. The molecule has 0 radical (unpaired) electrons. The Bertz CT molecular complexity index is 1010. The number of hydrogen-bond acceptors (Lipinski definition) is 5. The molecule has 144 valence electrons. The highest BCUT2D eigenvalue weighted by Crippen LogP contribution is 2.27. The average Bonchev–Trinajstić information content (AvgIpc) is 2.60. The van der Waals surface area contributed by atoms with E-state index in [-0.39, 0.29) is 5.91 Å². The third-order valence-electron chi connectivity index (χ3n) is 4.17. The molecule has 0 aliphatic heterocycles. The molecule has 1 amide bonds. The van der Waals surface area contributed by atoms with Crippen LogP contribution in [0.2, 0.25) is 0 Å². The normalized spacial score (nSPS) is 10.5. The molecule has 0 unspecified atom stereocenters. The minimum absolute atomic E-state index is 0.283. The van der Waals surface area contributed by atoms with Gasteiger partial charge in [0.2, 0.25) is 5.95 Å². The lowest BCUT2D eigenvalue weighted by Crippen LogP contribution is -2.15. The minimum Gasteiger partial charge on any atom is -0.495 e. The number of carbonyl (C=O) groups excluding carboxylic acids is 1. The van der Waals surface area contributed by atoms with E-state index in [2.05, 4.69) is 26.7 Å². The van der Waals surface area contributed by atoms with E-state index >= 15 is 0 Å². The van der Waals surface area contributed by atoms with Gasteiger partial charge in [-0.15, -0.1) is 0 Å². The highest BCUT2D eigenvalue weighted by atomic mass is 16.5. The van der Waals surface area contributed by atoms with Crippen LogP contribution in [0.4, 0.5) is 17.3 Å². The van der Waals surface area contributed by atoms with Crippen LogP contribution in [0, 0.1) is 27.7 Å². The van der Waals surface area contributed by atoms with Crippen LogP contribution in [0.15, 0.2) is 42.5 Å². The molecule has 1 heterocycles. The number of methoxy groups -OCH3 is 1. The summed E-state index contributed by atoms with van der Waals surface area (Å²) in [6, 6.07) is 13.4. The van der Waals surface area contributed by atoms with Crippen LogP contribution in [-0.4, -0.2) is 23.0 Å². The number of benzene rings is 2.